The molecule has 4 heteroatoms. The molecule has 1 saturated heterocycles. The maximum absolute atomic E-state index is 4.32. The lowest BCUT2D eigenvalue weighted by atomic mass is 10.0. The molecule has 24 heavy (non-hydrogen) atoms. The van der Waals surface area contributed by atoms with E-state index in [0.29, 0.717) is 6.04 Å². The highest BCUT2D eigenvalue weighted by Gasteiger charge is 2.19. The van der Waals surface area contributed by atoms with E-state index in [1.165, 1.54) is 35.0 Å². The van der Waals surface area contributed by atoms with Crippen molar-refractivity contribution in [2.24, 2.45) is 7.05 Å². The van der Waals surface area contributed by atoms with Gasteiger partial charge < -0.3 is 5.32 Å². The van der Waals surface area contributed by atoms with E-state index in [-0.39, 0.29) is 0 Å². The zero-order valence-electron chi connectivity index (χ0n) is 14.2. The predicted molar refractivity (Wildman–Crippen MR) is 99.1 cm³/mol. The summed E-state index contributed by atoms with van der Waals surface area (Å²) in [6.07, 6.45) is 4.32. The number of aromatic nitrogens is 2. The Bertz CT molecular complexity index is 801. The maximum Gasteiger partial charge on any atom is 0.0680 e. The lowest BCUT2D eigenvalue weighted by Crippen LogP contribution is -2.38. The van der Waals surface area contributed by atoms with Crippen molar-refractivity contribution in [1.29, 1.82) is 0 Å². The van der Waals surface area contributed by atoms with E-state index in [2.05, 4.69) is 63.8 Å². The smallest absolute Gasteiger partial charge is 0.0680 e. The molecule has 4 rings (SSSR count). The van der Waals surface area contributed by atoms with Crippen LogP contribution in [0, 0.1) is 0 Å². The highest BCUT2D eigenvalue weighted by Crippen LogP contribution is 2.22. The molecule has 1 aliphatic heterocycles. The number of rotatable bonds is 4. The maximum atomic E-state index is 4.32. The molecule has 3 aromatic rings. The second kappa shape index (κ2) is 6.65. The van der Waals surface area contributed by atoms with Gasteiger partial charge in [0.1, 0.15) is 0 Å². The van der Waals surface area contributed by atoms with E-state index in [1.807, 2.05) is 17.9 Å². The third-order valence-corrected chi connectivity index (χ3v) is 4.95. The number of anilines is 1. The molecule has 0 aliphatic carbocycles. The van der Waals surface area contributed by atoms with E-state index in [4.69, 9.17) is 0 Å². The third kappa shape index (κ3) is 3.29. The topological polar surface area (TPSA) is 33.1 Å². The number of nitrogens with one attached hydrogen (secondary N) is 1. The van der Waals surface area contributed by atoms with Crippen molar-refractivity contribution in [2.45, 2.75) is 25.4 Å². The SMILES string of the molecule is Cn1ncc2cc(NC3CCN(Cc4ccccc4)CC3)ccc21. The Kier molecular flexibility index (Phi) is 4.22. The number of hydrogen-bond acceptors (Lipinski definition) is 3. The standard InChI is InChI=1S/C20H24N4/c1-23-20-8-7-19(13-17(20)14-21-23)22-18-9-11-24(12-10-18)15-16-5-3-2-4-6-16/h2-8,13-14,18,22H,9-12,15H2,1H3. The number of likely N-dealkylation sites (tertiary alicyclic amines) is 1. The molecule has 124 valence electrons. The lowest BCUT2D eigenvalue weighted by Gasteiger charge is -2.33. The third-order valence-electron chi connectivity index (χ3n) is 4.95. The summed E-state index contributed by atoms with van der Waals surface area (Å²) < 4.78 is 1.92. The largest absolute Gasteiger partial charge is 0.382 e. The van der Waals surface area contributed by atoms with Crippen LogP contribution in [0.4, 0.5) is 5.69 Å². The van der Waals surface area contributed by atoms with Gasteiger partial charge in [-0.3, -0.25) is 9.58 Å². The Balaban J connectivity index is 1.33. The molecule has 2 heterocycles. The number of aryl methyl sites for hydroxylation is 1. The van der Waals surface area contributed by atoms with Gasteiger partial charge >= 0.3 is 0 Å². The first kappa shape index (κ1) is 15.2. The average molecular weight is 320 g/mol. The number of hydrogen-bond donors (Lipinski definition) is 1. The number of benzene rings is 2. The molecule has 4 nitrogen and oxygen atoms in total. The second-order valence-corrected chi connectivity index (χ2v) is 6.72. The van der Waals surface area contributed by atoms with Crippen molar-refractivity contribution in [3.63, 3.8) is 0 Å². The minimum atomic E-state index is 0.561. The highest BCUT2D eigenvalue weighted by molar-refractivity contribution is 5.82. The zero-order valence-corrected chi connectivity index (χ0v) is 14.2. The lowest BCUT2D eigenvalue weighted by molar-refractivity contribution is 0.211. The first-order chi connectivity index (χ1) is 11.8. The van der Waals surface area contributed by atoms with Crippen LogP contribution in [0.5, 0.6) is 0 Å². The Morgan fingerprint density at radius 2 is 1.88 bits per heavy atom. The first-order valence-electron chi connectivity index (χ1n) is 8.72. The Hall–Kier alpha value is -2.33. The predicted octanol–water partition coefficient (Wildman–Crippen LogP) is 3.65. The summed E-state index contributed by atoms with van der Waals surface area (Å²) in [6, 6.07) is 17.8. The van der Waals surface area contributed by atoms with Crippen molar-refractivity contribution < 1.29 is 0 Å². The number of nitrogens with zero attached hydrogens (tertiary/aromatic N) is 3. The summed E-state index contributed by atoms with van der Waals surface area (Å²) >= 11 is 0. The molecule has 1 fully saturated rings. The molecule has 1 aromatic heterocycles. The van der Waals surface area contributed by atoms with Gasteiger partial charge in [-0.15, -0.1) is 0 Å². The molecule has 0 amide bonds. The highest BCUT2D eigenvalue weighted by atomic mass is 15.2. The van der Waals surface area contributed by atoms with Crippen LogP contribution in [-0.4, -0.2) is 33.8 Å². The van der Waals surface area contributed by atoms with Crippen LogP contribution in [0.15, 0.2) is 54.7 Å². The van der Waals surface area contributed by atoms with Crippen LogP contribution in [0.2, 0.25) is 0 Å². The minimum absolute atomic E-state index is 0.561. The van der Waals surface area contributed by atoms with E-state index in [1.54, 1.807) is 0 Å². The minimum Gasteiger partial charge on any atom is -0.382 e. The molecule has 0 bridgehead atoms. The fourth-order valence-electron chi connectivity index (χ4n) is 3.57. The molecular formula is C20H24N4. The zero-order chi connectivity index (χ0) is 16.4. The van der Waals surface area contributed by atoms with Crippen molar-refractivity contribution >= 4 is 16.6 Å². The van der Waals surface area contributed by atoms with Crippen molar-refractivity contribution in [2.75, 3.05) is 18.4 Å². The van der Waals surface area contributed by atoms with Crippen LogP contribution >= 0.6 is 0 Å². The second-order valence-electron chi connectivity index (χ2n) is 6.72. The van der Waals surface area contributed by atoms with E-state index in [9.17, 15) is 0 Å². The molecule has 1 N–H and O–H groups in total. The van der Waals surface area contributed by atoms with Crippen LogP contribution < -0.4 is 5.32 Å². The molecule has 1 aliphatic rings. The van der Waals surface area contributed by atoms with Crippen LogP contribution in [0.1, 0.15) is 18.4 Å². The molecule has 0 atom stereocenters. The molecule has 0 unspecified atom stereocenters. The van der Waals surface area contributed by atoms with Gasteiger partial charge in [0.25, 0.3) is 0 Å². The Morgan fingerprint density at radius 3 is 2.67 bits per heavy atom. The van der Waals surface area contributed by atoms with Crippen molar-refractivity contribution in [3.8, 4) is 0 Å². The van der Waals surface area contributed by atoms with Gasteiger partial charge in [0.05, 0.1) is 11.7 Å². The van der Waals surface area contributed by atoms with Crippen LogP contribution in [-0.2, 0) is 13.6 Å². The number of piperidine rings is 1. The molecular weight excluding hydrogens is 296 g/mol. The fraction of sp³-hybridized carbons (Fsp3) is 0.350. The van der Waals surface area contributed by atoms with Gasteiger partial charge in [-0.2, -0.15) is 5.10 Å². The van der Waals surface area contributed by atoms with E-state index >= 15 is 0 Å². The summed E-state index contributed by atoms with van der Waals surface area (Å²) in [7, 11) is 1.98. The van der Waals surface area contributed by atoms with Gasteiger partial charge in [0, 0.05) is 43.8 Å². The summed E-state index contributed by atoms with van der Waals surface area (Å²) in [5.74, 6) is 0. The molecule has 0 radical (unpaired) electrons. The Labute approximate surface area is 143 Å². The van der Waals surface area contributed by atoms with Gasteiger partial charge in [-0.05, 0) is 36.6 Å². The average Bonchev–Trinajstić information content (AvgIpc) is 2.98. The van der Waals surface area contributed by atoms with Gasteiger partial charge in [-0.1, -0.05) is 30.3 Å². The summed E-state index contributed by atoms with van der Waals surface area (Å²) in [5, 5.41) is 9.22. The first-order valence-corrected chi connectivity index (χ1v) is 8.72. The van der Waals surface area contributed by atoms with Crippen LogP contribution in [0.25, 0.3) is 10.9 Å². The number of fused-ring (bicyclic) bond motifs is 1. The summed E-state index contributed by atoms with van der Waals surface area (Å²) in [5.41, 5.74) is 3.79. The van der Waals surface area contributed by atoms with Gasteiger partial charge in [0.15, 0.2) is 0 Å². The Morgan fingerprint density at radius 1 is 1.08 bits per heavy atom. The quantitative estimate of drug-likeness (QED) is 0.796. The summed E-state index contributed by atoms with van der Waals surface area (Å²) in [4.78, 5) is 2.55. The van der Waals surface area contributed by atoms with Crippen molar-refractivity contribution in [1.82, 2.24) is 14.7 Å². The van der Waals surface area contributed by atoms with E-state index < -0.39 is 0 Å². The summed E-state index contributed by atoms with van der Waals surface area (Å²) in [6.45, 7) is 3.37. The molecule has 0 saturated carbocycles. The monoisotopic (exact) mass is 320 g/mol. The van der Waals surface area contributed by atoms with Gasteiger partial charge in [0.2, 0.25) is 0 Å². The van der Waals surface area contributed by atoms with Crippen LogP contribution in [0.3, 0.4) is 0 Å². The molecule has 2 aromatic carbocycles. The normalized spacial score (nSPS) is 16.5. The van der Waals surface area contributed by atoms with Gasteiger partial charge in [-0.25, -0.2) is 0 Å². The van der Waals surface area contributed by atoms with E-state index in [0.717, 1.165) is 19.6 Å². The fourth-order valence-corrected chi connectivity index (χ4v) is 3.57. The molecule has 0 spiro atoms. The van der Waals surface area contributed by atoms with Crippen molar-refractivity contribution in [3.05, 3.63) is 60.3 Å².